The smallest absolute Gasteiger partial charge is 0.120 e. The van der Waals surface area contributed by atoms with E-state index < -0.39 is 12.1 Å². The summed E-state index contributed by atoms with van der Waals surface area (Å²) in [6.07, 6.45) is -0.620. The lowest BCUT2D eigenvalue weighted by atomic mass is 10.0. The molecule has 5 N–H and O–H groups in total. The van der Waals surface area contributed by atoms with E-state index in [0.717, 1.165) is 5.56 Å². The van der Waals surface area contributed by atoms with Crippen molar-refractivity contribution in [2.75, 3.05) is 12.8 Å². The maximum Gasteiger partial charge on any atom is 0.120 e. The van der Waals surface area contributed by atoms with E-state index in [9.17, 15) is 5.11 Å². The molecule has 1 aromatic rings. The molecule has 0 radical (unpaired) electrons. The molecule has 4 nitrogen and oxygen atoms in total. The van der Waals surface area contributed by atoms with Gasteiger partial charge in [0.25, 0.3) is 0 Å². The molecule has 0 heterocycles. The fourth-order valence-electron chi connectivity index (χ4n) is 1.24. The Kier molecular flexibility index (Phi) is 3.33. The number of rotatable bonds is 3. The predicted molar refractivity (Wildman–Crippen MR) is 56.0 cm³/mol. The van der Waals surface area contributed by atoms with E-state index in [1.54, 1.807) is 32.2 Å². The molecule has 0 aliphatic rings. The van der Waals surface area contributed by atoms with E-state index >= 15 is 0 Å². The van der Waals surface area contributed by atoms with Gasteiger partial charge in [0.2, 0.25) is 0 Å². The minimum Gasteiger partial charge on any atom is -0.497 e. The SMILES string of the molecule is COc1ccc([C@H](N)[C@H](C)O)c(N)c1. The van der Waals surface area contributed by atoms with E-state index in [4.69, 9.17) is 16.2 Å². The largest absolute Gasteiger partial charge is 0.497 e. The molecular formula is C10H16N2O2. The molecule has 0 unspecified atom stereocenters. The van der Waals surface area contributed by atoms with Crippen molar-refractivity contribution in [2.24, 2.45) is 5.73 Å². The van der Waals surface area contributed by atoms with Crippen LogP contribution in [0, 0.1) is 0 Å². The van der Waals surface area contributed by atoms with Gasteiger partial charge in [-0.05, 0) is 18.6 Å². The Balaban J connectivity index is 2.99. The number of ether oxygens (including phenoxy) is 1. The summed E-state index contributed by atoms with van der Waals surface area (Å²) in [5.41, 5.74) is 12.8. The molecule has 14 heavy (non-hydrogen) atoms. The summed E-state index contributed by atoms with van der Waals surface area (Å²) in [6, 6.07) is 4.78. The highest BCUT2D eigenvalue weighted by Crippen LogP contribution is 2.25. The Hall–Kier alpha value is -1.26. The third-order valence-corrected chi connectivity index (χ3v) is 2.17. The predicted octanol–water partition coefficient (Wildman–Crippen LogP) is 0.658. The van der Waals surface area contributed by atoms with Crippen LogP contribution in [0.4, 0.5) is 5.69 Å². The van der Waals surface area contributed by atoms with Gasteiger partial charge in [0.15, 0.2) is 0 Å². The number of methoxy groups -OCH3 is 1. The molecule has 0 aromatic heterocycles. The standard InChI is InChI=1S/C10H16N2O2/c1-6(13)10(12)8-4-3-7(14-2)5-9(8)11/h3-6,10,13H,11-12H2,1-2H3/t6-,10+/m0/s1. The molecular weight excluding hydrogens is 180 g/mol. The first-order valence-corrected chi connectivity index (χ1v) is 4.43. The van der Waals surface area contributed by atoms with Crippen LogP contribution in [0.3, 0.4) is 0 Å². The zero-order valence-corrected chi connectivity index (χ0v) is 8.40. The molecule has 0 amide bonds. The maximum absolute atomic E-state index is 9.31. The number of hydrogen-bond donors (Lipinski definition) is 3. The Labute approximate surface area is 83.5 Å². The summed E-state index contributed by atoms with van der Waals surface area (Å²) in [5, 5.41) is 9.31. The summed E-state index contributed by atoms with van der Waals surface area (Å²) < 4.78 is 5.01. The van der Waals surface area contributed by atoms with E-state index in [1.165, 1.54) is 0 Å². The van der Waals surface area contributed by atoms with Crippen molar-refractivity contribution < 1.29 is 9.84 Å². The van der Waals surface area contributed by atoms with Crippen LogP contribution in [0.15, 0.2) is 18.2 Å². The highest BCUT2D eigenvalue weighted by Gasteiger charge is 2.14. The molecule has 4 heteroatoms. The Bertz CT molecular complexity index is 313. The minimum atomic E-state index is -0.620. The van der Waals surface area contributed by atoms with Crippen LogP contribution in [0.25, 0.3) is 0 Å². The van der Waals surface area contributed by atoms with Crippen molar-refractivity contribution in [1.29, 1.82) is 0 Å². The fourth-order valence-corrected chi connectivity index (χ4v) is 1.24. The molecule has 78 valence electrons. The molecule has 0 fully saturated rings. The zero-order valence-electron chi connectivity index (χ0n) is 8.40. The number of nitrogen functional groups attached to an aromatic ring is 1. The van der Waals surface area contributed by atoms with Crippen molar-refractivity contribution in [1.82, 2.24) is 0 Å². The van der Waals surface area contributed by atoms with Crippen LogP contribution < -0.4 is 16.2 Å². The monoisotopic (exact) mass is 196 g/mol. The van der Waals surface area contributed by atoms with Gasteiger partial charge in [-0.2, -0.15) is 0 Å². The third-order valence-electron chi connectivity index (χ3n) is 2.17. The van der Waals surface area contributed by atoms with Gasteiger partial charge in [-0.25, -0.2) is 0 Å². The van der Waals surface area contributed by atoms with Crippen LogP contribution in [0.5, 0.6) is 5.75 Å². The van der Waals surface area contributed by atoms with Crippen LogP contribution >= 0.6 is 0 Å². The van der Waals surface area contributed by atoms with Crippen molar-refractivity contribution in [2.45, 2.75) is 19.1 Å². The van der Waals surface area contributed by atoms with Gasteiger partial charge in [0.05, 0.1) is 19.3 Å². The number of benzene rings is 1. The molecule has 0 saturated heterocycles. The first kappa shape index (κ1) is 10.8. The van der Waals surface area contributed by atoms with E-state index in [2.05, 4.69) is 0 Å². The fraction of sp³-hybridized carbons (Fsp3) is 0.400. The summed E-state index contributed by atoms with van der Waals surface area (Å²) in [5.74, 6) is 0.684. The van der Waals surface area contributed by atoms with Gasteiger partial charge in [0.1, 0.15) is 5.75 Å². The molecule has 1 rings (SSSR count). The zero-order chi connectivity index (χ0) is 10.7. The maximum atomic E-state index is 9.31. The lowest BCUT2D eigenvalue weighted by molar-refractivity contribution is 0.164. The molecule has 0 aliphatic heterocycles. The van der Waals surface area contributed by atoms with Crippen LogP contribution in [0.2, 0.25) is 0 Å². The van der Waals surface area contributed by atoms with Crippen molar-refractivity contribution in [3.8, 4) is 5.75 Å². The Morgan fingerprint density at radius 2 is 2.07 bits per heavy atom. The highest BCUT2D eigenvalue weighted by molar-refractivity contribution is 5.53. The second-order valence-electron chi connectivity index (χ2n) is 3.26. The van der Waals surface area contributed by atoms with Crippen molar-refractivity contribution in [3.63, 3.8) is 0 Å². The van der Waals surface area contributed by atoms with Gasteiger partial charge >= 0.3 is 0 Å². The second-order valence-corrected chi connectivity index (χ2v) is 3.26. The molecule has 0 aliphatic carbocycles. The van der Waals surface area contributed by atoms with Gasteiger partial charge in [-0.3, -0.25) is 0 Å². The summed E-state index contributed by atoms with van der Waals surface area (Å²) in [6.45, 7) is 1.63. The van der Waals surface area contributed by atoms with Crippen molar-refractivity contribution >= 4 is 5.69 Å². The highest BCUT2D eigenvalue weighted by atomic mass is 16.5. The average Bonchev–Trinajstić information content (AvgIpc) is 2.16. The number of anilines is 1. The first-order chi connectivity index (χ1) is 6.56. The van der Waals surface area contributed by atoms with E-state index in [0.29, 0.717) is 11.4 Å². The molecule has 0 saturated carbocycles. The van der Waals surface area contributed by atoms with Gasteiger partial charge < -0.3 is 21.3 Å². The third kappa shape index (κ3) is 2.16. The minimum absolute atomic E-state index is 0.457. The molecule has 2 atom stereocenters. The lowest BCUT2D eigenvalue weighted by Crippen LogP contribution is -2.24. The summed E-state index contributed by atoms with van der Waals surface area (Å²) >= 11 is 0. The van der Waals surface area contributed by atoms with Gasteiger partial charge in [0, 0.05) is 11.8 Å². The average molecular weight is 196 g/mol. The Morgan fingerprint density at radius 3 is 2.50 bits per heavy atom. The topological polar surface area (TPSA) is 81.5 Å². The first-order valence-electron chi connectivity index (χ1n) is 4.43. The summed E-state index contributed by atoms with van der Waals surface area (Å²) in [4.78, 5) is 0. The van der Waals surface area contributed by atoms with Gasteiger partial charge in [-0.1, -0.05) is 6.07 Å². The molecule has 1 aromatic carbocycles. The lowest BCUT2D eigenvalue weighted by Gasteiger charge is -2.17. The van der Waals surface area contributed by atoms with Crippen LogP contribution in [-0.2, 0) is 0 Å². The van der Waals surface area contributed by atoms with Crippen LogP contribution in [-0.4, -0.2) is 18.3 Å². The normalized spacial score (nSPS) is 14.9. The van der Waals surface area contributed by atoms with E-state index in [1.807, 2.05) is 0 Å². The number of hydrogen-bond acceptors (Lipinski definition) is 4. The number of nitrogens with two attached hydrogens (primary N) is 2. The van der Waals surface area contributed by atoms with E-state index in [-0.39, 0.29) is 0 Å². The number of aliphatic hydroxyl groups is 1. The van der Waals surface area contributed by atoms with Crippen LogP contribution in [0.1, 0.15) is 18.5 Å². The number of aliphatic hydroxyl groups excluding tert-OH is 1. The van der Waals surface area contributed by atoms with Crippen molar-refractivity contribution in [3.05, 3.63) is 23.8 Å². The second kappa shape index (κ2) is 4.30. The molecule has 0 bridgehead atoms. The quantitative estimate of drug-likeness (QED) is 0.620. The Morgan fingerprint density at radius 1 is 1.43 bits per heavy atom. The molecule has 0 spiro atoms. The summed E-state index contributed by atoms with van der Waals surface area (Å²) in [7, 11) is 1.57. The van der Waals surface area contributed by atoms with Gasteiger partial charge in [-0.15, -0.1) is 0 Å².